The predicted molar refractivity (Wildman–Crippen MR) is 97.2 cm³/mol. The Morgan fingerprint density at radius 3 is 2.76 bits per heavy atom. The van der Waals surface area contributed by atoms with Crippen molar-refractivity contribution in [2.75, 3.05) is 20.2 Å². The van der Waals surface area contributed by atoms with Gasteiger partial charge >= 0.3 is 0 Å². The second kappa shape index (κ2) is 7.78. The van der Waals surface area contributed by atoms with E-state index in [0.29, 0.717) is 35.3 Å². The maximum Gasteiger partial charge on any atom is 0.273 e. The van der Waals surface area contributed by atoms with E-state index in [1.54, 1.807) is 12.0 Å². The molecule has 1 amide bonds. The number of ether oxygens (including phenoxy) is 1. The van der Waals surface area contributed by atoms with Crippen LogP contribution in [0.25, 0.3) is 0 Å². The van der Waals surface area contributed by atoms with Gasteiger partial charge in [0.15, 0.2) is 0 Å². The number of carbonyl (C=O) groups is 2. The highest BCUT2D eigenvalue weighted by Crippen LogP contribution is 2.28. The summed E-state index contributed by atoms with van der Waals surface area (Å²) in [5, 5.41) is 0.495. The van der Waals surface area contributed by atoms with Gasteiger partial charge in [-0.1, -0.05) is 41.7 Å². The topological polar surface area (TPSA) is 59.5 Å². The molecule has 25 heavy (non-hydrogen) atoms. The lowest BCUT2D eigenvalue weighted by Crippen LogP contribution is -2.42. The number of carbonyl (C=O) groups excluding carboxylic acids is 2. The average Bonchev–Trinajstić information content (AvgIpc) is 3.03. The van der Waals surface area contributed by atoms with E-state index in [0.717, 1.165) is 18.4 Å². The lowest BCUT2D eigenvalue weighted by molar-refractivity contribution is -0.123. The molecule has 1 aliphatic rings. The van der Waals surface area contributed by atoms with Crippen LogP contribution in [0.3, 0.4) is 0 Å². The zero-order chi connectivity index (χ0) is 17.8. The Labute approximate surface area is 151 Å². The maximum atomic E-state index is 12.8. The van der Waals surface area contributed by atoms with Crippen LogP contribution in [0.2, 0.25) is 0 Å². The molecule has 1 fully saturated rings. The Morgan fingerprint density at radius 2 is 2.08 bits per heavy atom. The summed E-state index contributed by atoms with van der Waals surface area (Å²) >= 11 is 1.26. The van der Waals surface area contributed by atoms with E-state index in [1.807, 2.05) is 37.3 Å². The highest BCUT2D eigenvalue weighted by atomic mass is 32.1. The van der Waals surface area contributed by atoms with Gasteiger partial charge in [-0.3, -0.25) is 9.59 Å². The monoisotopic (exact) mass is 358 g/mol. The molecule has 0 radical (unpaired) electrons. The van der Waals surface area contributed by atoms with E-state index in [9.17, 15) is 9.59 Å². The van der Waals surface area contributed by atoms with Crippen molar-refractivity contribution in [2.45, 2.75) is 26.2 Å². The first-order valence-corrected chi connectivity index (χ1v) is 9.27. The van der Waals surface area contributed by atoms with Gasteiger partial charge < -0.3 is 9.64 Å². The number of hydrogen-bond acceptors (Lipinski definition) is 5. The zero-order valence-corrected chi connectivity index (χ0v) is 15.3. The molecule has 132 valence electrons. The molecular formula is C19H22N2O3S. The molecule has 2 heterocycles. The molecule has 0 N–H and O–H groups in total. The average molecular weight is 358 g/mol. The van der Waals surface area contributed by atoms with Crippen molar-refractivity contribution >= 4 is 23.0 Å². The van der Waals surface area contributed by atoms with Gasteiger partial charge in [0.05, 0.1) is 12.8 Å². The first-order valence-electron chi connectivity index (χ1n) is 8.46. The third kappa shape index (κ3) is 4.07. The standard InChI is InChI=1S/C19H22N2O3S/c1-13-17(25-19(20-13)24-2)18(23)21-10-6-9-15(12-21)16(22)11-14-7-4-3-5-8-14/h3-5,7-8,15H,6,9-12H2,1-2H3/t15-/m1/s1. The molecule has 1 saturated heterocycles. The van der Waals surface area contributed by atoms with Crippen LogP contribution >= 0.6 is 11.3 Å². The summed E-state index contributed by atoms with van der Waals surface area (Å²) in [4.78, 5) is 32.1. The number of aromatic nitrogens is 1. The van der Waals surface area contributed by atoms with Crippen LogP contribution < -0.4 is 4.74 Å². The lowest BCUT2D eigenvalue weighted by Gasteiger charge is -2.31. The van der Waals surface area contributed by atoms with Crippen molar-refractivity contribution in [3.8, 4) is 5.19 Å². The van der Waals surface area contributed by atoms with Crippen LogP contribution in [0.15, 0.2) is 30.3 Å². The summed E-state index contributed by atoms with van der Waals surface area (Å²) in [5.74, 6) is 0.0749. The van der Waals surface area contributed by atoms with Gasteiger partial charge in [-0.05, 0) is 25.3 Å². The SMILES string of the molecule is COc1nc(C)c(C(=O)N2CCC[C@@H](C(=O)Cc3ccccc3)C2)s1. The van der Waals surface area contributed by atoms with E-state index in [4.69, 9.17) is 4.74 Å². The molecule has 5 nitrogen and oxygen atoms in total. The fourth-order valence-electron chi connectivity index (χ4n) is 3.17. The smallest absolute Gasteiger partial charge is 0.273 e. The van der Waals surface area contributed by atoms with Crippen molar-refractivity contribution < 1.29 is 14.3 Å². The number of nitrogens with zero attached hydrogens (tertiary/aromatic N) is 2. The fraction of sp³-hybridized carbons (Fsp3) is 0.421. The fourth-order valence-corrected chi connectivity index (χ4v) is 4.02. The number of rotatable bonds is 5. The second-order valence-corrected chi connectivity index (χ2v) is 7.28. The minimum absolute atomic E-state index is 0.0458. The third-order valence-corrected chi connectivity index (χ3v) is 5.64. The molecule has 1 aromatic carbocycles. The van der Waals surface area contributed by atoms with E-state index in [1.165, 1.54) is 11.3 Å². The highest BCUT2D eigenvalue weighted by molar-refractivity contribution is 7.15. The quantitative estimate of drug-likeness (QED) is 0.824. The van der Waals surface area contributed by atoms with Gasteiger partial charge in [-0.2, -0.15) is 0 Å². The first kappa shape index (κ1) is 17.6. The largest absolute Gasteiger partial charge is 0.473 e. The number of hydrogen-bond donors (Lipinski definition) is 0. The number of likely N-dealkylation sites (tertiary alicyclic amines) is 1. The Bertz CT molecular complexity index is 757. The molecule has 0 saturated carbocycles. The lowest BCUT2D eigenvalue weighted by atomic mass is 9.90. The minimum Gasteiger partial charge on any atom is -0.473 e. The summed E-state index contributed by atoms with van der Waals surface area (Å²) in [7, 11) is 1.55. The van der Waals surface area contributed by atoms with Crippen molar-refractivity contribution in [2.24, 2.45) is 5.92 Å². The van der Waals surface area contributed by atoms with Crippen molar-refractivity contribution in [1.29, 1.82) is 0 Å². The van der Waals surface area contributed by atoms with Gasteiger partial charge in [0.25, 0.3) is 11.1 Å². The molecule has 0 unspecified atom stereocenters. The van der Waals surface area contributed by atoms with E-state index < -0.39 is 0 Å². The Hall–Kier alpha value is -2.21. The van der Waals surface area contributed by atoms with Gasteiger partial charge in [-0.25, -0.2) is 4.98 Å². The summed E-state index contributed by atoms with van der Waals surface area (Å²) in [6, 6.07) is 9.77. The van der Waals surface area contributed by atoms with Crippen LogP contribution in [0.5, 0.6) is 5.19 Å². The molecule has 6 heteroatoms. The molecule has 0 aliphatic carbocycles. The van der Waals surface area contributed by atoms with Crippen LogP contribution in [0, 0.1) is 12.8 Å². The number of methoxy groups -OCH3 is 1. The molecule has 1 aromatic heterocycles. The summed E-state index contributed by atoms with van der Waals surface area (Å²) < 4.78 is 5.12. The van der Waals surface area contributed by atoms with Crippen LogP contribution in [-0.4, -0.2) is 41.8 Å². The number of thiazole rings is 1. The molecule has 0 spiro atoms. The molecule has 1 atom stereocenters. The summed E-state index contributed by atoms with van der Waals surface area (Å²) in [5.41, 5.74) is 1.71. The minimum atomic E-state index is -0.0898. The Morgan fingerprint density at radius 1 is 1.32 bits per heavy atom. The van der Waals surface area contributed by atoms with E-state index in [-0.39, 0.29) is 17.6 Å². The Balaban J connectivity index is 1.67. The van der Waals surface area contributed by atoms with Gasteiger partial charge in [-0.15, -0.1) is 0 Å². The van der Waals surface area contributed by atoms with Crippen LogP contribution in [-0.2, 0) is 11.2 Å². The van der Waals surface area contributed by atoms with E-state index >= 15 is 0 Å². The maximum absolute atomic E-state index is 12.8. The number of piperidine rings is 1. The van der Waals surface area contributed by atoms with E-state index in [2.05, 4.69) is 4.98 Å². The first-order chi connectivity index (χ1) is 12.1. The van der Waals surface area contributed by atoms with Gasteiger partial charge in [0.2, 0.25) is 0 Å². The van der Waals surface area contributed by atoms with Crippen molar-refractivity contribution in [3.05, 3.63) is 46.5 Å². The predicted octanol–water partition coefficient (Wildman–Crippen LogP) is 3.12. The summed E-state index contributed by atoms with van der Waals surface area (Å²) in [6.45, 7) is 2.99. The van der Waals surface area contributed by atoms with Crippen molar-refractivity contribution in [3.63, 3.8) is 0 Å². The molecular weight excluding hydrogens is 336 g/mol. The molecule has 2 aromatic rings. The van der Waals surface area contributed by atoms with Crippen molar-refractivity contribution in [1.82, 2.24) is 9.88 Å². The number of amides is 1. The van der Waals surface area contributed by atoms with Crippen LogP contribution in [0.1, 0.15) is 33.8 Å². The van der Waals surface area contributed by atoms with Crippen LogP contribution in [0.4, 0.5) is 0 Å². The summed E-state index contributed by atoms with van der Waals surface area (Å²) in [6.07, 6.45) is 2.13. The number of aryl methyl sites for hydroxylation is 1. The zero-order valence-electron chi connectivity index (χ0n) is 14.5. The number of ketones is 1. The second-order valence-electron chi connectivity index (χ2n) is 6.32. The molecule has 3 rings (SSSR count). The number of benzene rings is 1. The third-order valence-electron chi connectivity index (χ3n) is 4.53. The number of Topliss-reactive ketones (excluding diaryl/α,β-unsaturated/α-hetero) is 1. The van der Waals surface area contributed by atoms with Gasteiger partial charge in [0.1, 0.15) is 10.7 Å². The molecule has 0 bridgehead atoms. The highest BCUT2D eigenvalue weighted by Gasteiger charge is 2.30. The molecule has 1 aliphatic heterocycles. The Kier molecular flexibility index (Phi) is 5.48. The normalized spacial score (nSPS) is 17.4. The van der Waals surface area contributed by atoms with Gasteiger partial charge in [0, 0.05) is 25.4 Å².